The third-order valence-electron chi connectivity index (χ3n) is 3.43. The van der Waals surface area contributed by atoms with E-state index in [9.17, 15) is 19.2 Å². The predicted molar refractivity (Wildman–Crippen MR) is 87.5 cm³/mol. The number of anilines is 1. The van der Waals surface area contributed by atoms with Crippen molar-refractivity contribution in [2.75, 3.05) is 11.9 Å². The first kappa shape index (κ1) is 18.0. The van der Waals surface area contributed by atoms with E-state index in [2.05, 4.69) is 10.6 Å². The lowest BCUT2D eigenvalue weighted by atomic mass is 10.1. The molecule has 1 aromatic rings. The molecule has 0 saturated carbocycles. The predicted octanol–water partition coefficient (Wildman–Crippen LogP) is 1.03. The van der Waals surface area contributed by atoms with Crippen LogP contribution in [0.4, 0.5) is 5.69 Å². The van der Waals surface area contributed by atoms with Crippen LogP contribution in [0.3, 0.4) is 0 Å². The van der Waals surface area contributed by atoms with Gasteiger partial charge < -0.3 is 20.8 Å². The second-order valence-corrected chi connectivity index (χ2v) is 6.80. The van der Waals surface area contributed by atoms with Crippen molar-refractivity contribution >= 4 is 40.4 Å². The Balaban J connectivity index is 2.10. The summed E-state index contributed by atoms with van der Waals surface area (Å²) < 4.78 is 0. The van der Waals surface area contributed by atoms with Crippen molar-refractivity contribution in [3.8, 4) is 0 Å². The van der Waals surface area contributed by atoms with Gasteiger partial charge in [-0.2, -0.15) is 0 Å². The minimum Gasteiger partial charge on any atom is -0.478 e. The number of carboxylic acid groups (broad SMARTS) is 2. The fraction of sp³-hybridized carbons (Fsp3) is 0.333. The van der Waals surface area contributed by atoms with Crippen molar-refractivity contribution in [2.24, 2.45) is 0 Å². The van der Waals surface area contributed by atoms with Gasteiger partial charge in [-0.15, -0.1) is 0 Å². The van der Waals surface area contributed by atoms with Gasteiger partial charge in [0.2, 0.25) is 5.91 Å². The fourth-order valence-corrected chi connectivity index (χ4v) is 3.34. The molecule has 1 amide bonds. The third kappa shape index (κ3) is 4.56. The number of benzene rings is 1. The summed E-state index contributed by atoms with van der Waals surface area (Å²) in [5, 5.41) is 23.5. The summed E-state index contributed by atoms with van der Waals surface area (Å²) in [6, 6.07) is 2.89. The van der Waals surface area contributed by atoms with E-state index < -0.39 is 23.9 Å². The van der Waals surface area contributed by atoms with Crippen LogP contribution in [0.1, 0.15) is 34.1 Å². The number of aromatic carboxylic acids is 2. The number of nitrogens with one attached hydrogen (secondary N) is 2. The summed E-state index contributed by atoms with van der Waals surface area (Å²) in [6.07, 6.45) is 0.459. The molecule has 8 nitrogen and oxygen atoms in total. The number of hydrogen-bond donors (Lipinski definition) is 4. The van der Waals surface area contributed by atoms with Crippen molar-refractivity contribution in [3.05, 3.63) is 29.3 Å². The molecular weight excluding hydrogens is 336 g/mol. The van der Waals surface area contributed by atoms with E-state index in [1.165, 1.54) is 30.8 Å². The Labute approximate surface area is 141 Å². The smallest absolute Gasteiger partial charge is 0.335 e. The summed E-state index contributed by atoms with van der Waals surface area (Å²) in [5.41, 5.74) is -0.356. The zero-order valence-electron chi connectivity index (χ0n) is 12.7. The Morgan fingerprint density at radius 2 is 1.71 bits per heavy atom. The molecule has 1 heterocycles. The molecule has 1 aliphatic rings. The third-order valence-corrected chi connectivity index (χ3v) is 4.46. The maximum absolute atomic E-state index is 12.2. The minimum atomic E-state index is -1.29. The molecule has 24 heavy (non-hydrogen) atoms. The maximum Gasteiger partial charge on any atom is 0.335 e. The van der Waals surface area contributed by atoms with Crippen LogP contribution in [0.2, 0.25) is 0 Å². The molecule has 1 fully saturated rings. The average Bonchev–Trinajstić information content (AvgIpc) is 2.94. The lowest BCUT2D eigenvalue weighted by molar-refractivity contribution is -0.117. The molecule has 2 atom stereocenters. The highest BCUT2D eigenvalue weighted by Crippen LogP contribution is 2.23. The Morgan fingerprint density at radius 1 is 1.12 bits per heavy atom. The number of hydrogen-bond acceptors (Lipinski definition) is 6. The molecule has 4 N–H and O–H groups in total. The topological polar surface area (TPSA) is 133 Å². The SMILES string of the molecule is CC(=O)SC1CN[C@H](C(=O)Nc2cc(C(=O)O)cc(C(=O)O)c2)C1. The van der Waals surface area contributed by atoms with Gasteiger partial charge in [0.05, 0.1) is 17.2 Å². The summed E-state index contributed by atoms with van der Waals surface area (Å²) in [7, 11) is 0. The van der Waals surface area contributed by atoms with Gasteiger partial charge in [-0.3, -0.25) is 9.59 Å². The lowest BCUT2D eigenvalue weighted by Crippen LogP contribution is -2.35. The van der Waals surface area contributed by atoms with Crippen molar-refractivity contribution in [2.45, 2.75) is 24.6 Å². The van der Waals surface area contributed by atoms with E-state index in [0.717, 1.165) is 6.07 Å². The van der Waals surface area contributed by atoms with Crippen LogP contribution in [-0.2, 0) is 9.59 Å². The van der Waals surface area contributed by atoms with Crippen molar-refractivity contribution in [3.63, 3.8) is 0 Å². The Bertz CT molecular complexity index is 673. The summed E-state index contributed by atoms with van der Waals surface area (Å²) in [6.45, 7) is 1.97. The van der Waals surface area contributed by atoms with E-state index in [1.807, 2.05) is 0 Å². The molecule has 1 saturated heterocycles. The van der Waals surface area contributed by atoms with Crippen LogP contribution >= 0.6 is 11.8 Å². The summed E-state index contributed by atoms with van der Waals surface area (Å²) >= 11 is 1.17. The van der Waals surface area contributed by atoms with Crippen LogP contribution in [0.5, 0.6) is 0 Å². The molecule has 0 radical (unpaired) electrons. The Kier molecular flexibility index (Phi) is 5.58. The second kappa shape index (κ2) is 7.45. The first-order chi connectivity index (χ1) is 11.3. The fourth-order valence-electron chi connectivity index (χ4n) is 2.40. The van der Waals surface area contributed by atoms with Gasteiger partial charge in [0.1, 0.15) is 0 Å². The van der Waals surface area contributed by atoms with Gasteiger partial charge in [0.15, 0.2) is 5.12 Å². The molecule has 1 unspecified atom stereocenters. The molecule has 0 spiro atoms. The van der Waals surface area contributed by atoms with Crippen LogP contribution in [-0.4, -0.2) is 51.0 Å². The summed E-state index contributed by atoms with van der Waals surface area (Å²) in [5.74, 6) is -2.98. The number of carbonyl (C=O) groups is 4. The van der Waals surface area contributed by atoms with Gasteiger partial charge in [-0.25, -0.2) is 9.59 Å². The van der Waals surface area contributed by atoms with Gasteiger partial charge >= 0.3 is 11.9 Å². The Morgan fingerprint density at radius 3 is 2.21 bits per heavy atom. The van der Waals surface area contributed by atoms with Gasteiger partial charge in [-0.05, 0) is 24.6 Å². The molecule has 128 valence electrons. The number of thioether (sulfide) groups is 1. The molecule has 2 rings (SSSR count). The first-order valence-electron chi connectivity index (χ1n) is 7.09. The molecule has 0 aromatic heterocycles. The number of carboxylic acids is 2. The van der Waals surface area contributed by atoms with E-state index in [1.54, 1.807) is 0 Å². The van der Waals surface area contributed by atoms with Gasteiger partial charge in [-0.1, -0.05) is 11.8 Å². The van der Waals surface area contributed by atoms with E-state index >= 15 is 0 Å². The highest BCUT2D eigenvalue weighted by atomic mass is 32.2. The average molecular weight is 352 g/mol. The van der Waals surface area contributed by atoms with Crippen LogP contribution in [0.25, 0.3) is 0 Å². The zero-order valence-corrected chi connectivity index (χ0v) is 13.6. The molecular formula is C15H16N2O6S. The van der Waals surface area contributed by atoms with Crippen molar-refractivity contribution in [1.82, 2.24) is 5.32 Å². The standard InChI is InChI=1S/C15H16N2O6S/c1-7(18)24-11-5-12(16-6-11)13(19)17-10-3-8(14(20)21)2-9(4-10)15(22)23/h2-4,11-12,16H,5-6H2,1H3,(H,17,19)(H,20,21)(H,22,23)/t11?,12-/m0/s1. The van der Waals surface area contributed by atoms with Crippen molar-refractivity contribution in [1.29, 1.82) is 0 Å². The number of carbonyl (C=O) groups excluding carboxylic acids is 2. The van der Waals surface area contributed by atoms with Gasteiger partial charge in [0.25, 0.3) is 0 Å². The Hall–Kier alpha value is -2.39. The first-order valence-corrected chi connectivity index (χ1v) is 7.97. The molecule has 1 aromatic carbocycles. The quantitative estimate of drug-likeness (QED) is 0.618. The second-order valence-electron chi connectivity index (χ2n) is 5.33. The maximum atomic E-state index is 12.2. The van der Waals surface area contributed by atoms with Gasteiger partial charge in [0, 0.05) is 24.4 Å². The lowest BCUT2D eigenvalue weighted by Gasteiger charge is -2.12. The van der Waals surface area contributed by atoms with E-state index in [0.29, 0.717) is 13.0 Å². The molecule has 9 heteroatoms. The summed E-state index contributed by atoms with van der Waals surface area (Å²) in [4.78, 5) is 45.5. The normalized spacial score (nSPS) is 19.7. The van der Waals surface area contributed by atoms with Crippen molar-refractivity contribution < 1.29 is 29.4 Å². The zero-order chi connectivity index (χ0) is 17.9. The van der Waals surface area contributed by atoms with Crippen LogP contribution in [0, 0.1) is 0 Å². The highest BCUT2D eigenvalue weighted by Gasteiger charge is 2.30. The molecule has 1 aliphatic heterocycles. The minimum absolute atomic E-state index is 0.00168. The van der Waals surface area contributed by atoms with E-state index in [4.69, 9.17) is 10.2 Å². The molecule has 0 bridgehead atoms. The van der Waals surface area contributed by atoms with E-state index in [-0.39, 0.29) is 27.2 Å². The number of rotatable bonds is 5. The number of amides is 1. The highest BCUT2D eigenvalue weighted by molar-refractivity contribution is 8.14. The molecule has 0 aliphatic carbocycles. The monoisotopic (exact) mass is 352 g/mol. The largest absolute Gasteiger partial charge is 0.478 e. The van der Waals surface area contributed by atoms with Crippen LogP contribution < -0.4 is 10.6 Å². The van der Waals surface area contributed by atoms with Crippen LogP contribution in [0.15, 0.2) is 18.2 Å².